The van der Waals surface area contributed by atoms with Gasteiger partial charge in [0.25, 0.3) is 5.56 Å². The molecule has 1 fully saturated rings. The molecule has 2 unspecified atom stereocenters. The number of hydrogen-bond acceptors (Lipinski definition) is 4. The Labute approximate surface area is 155 Å². The largest absolute Gasteiger partial charge is 0.298 e. The van der Waals surface area contributed by atoms with Crippen LogP contribution >= 0.6 is 0 Å². The number of nitrogens with zero attached hydrogens (tertiary/aromatic N) is 4. The van der Waals surface area contributed by atoms with E-state index < -0.39 is 0 Å². The first-order valence-corrected chi connectivity index (χ1v) is 9.71. The van der Waals surface area contributed by atoms with Crippen molar-refractivity contribution in [1.29, 1.82) is 0 Å². The molecule has 2 heterocycles. The Morgan fingerprint density at radius 1 is 1.04 bits per heavy atom. The zero-order valence-corrected chi connectivity index (χ0v) is 16.0. The lowest BCUT2D eigenvalue weighted by atomic mass is 9.85. The zero-order valence-electron chi connectivity index (χ0n) is 16.0. The van der Waals surface area contributed by atoms with Crippen molar-refractivity contribution in [3.63, 3.8) is 0 Å². The molecule has 26 heavy (non-hydrogen) atoms. The van der Waals surface area contributed by atoms with E-state index in [0.717, 1.165) is 29.6 Å². The Bertz CT molecular complexity index is 845. The molecule has 1 aromatic carbocycles. The predicted molar refractivity (Wildman–Crippen MR) is 105 cm³/mol. The van der Waals surface area contributed by atoms with E-state index in [1.54, 1.807) is 0 Å². The average molecular weight is 352 g/mol. The van der Waals surface area contributed by atoms with E-state index in [1.165, 1.54) is 25.7 Å². The Morgan fingerprint density at radius 3 is 2.50 bits per heavy atom. The summed E-state index contributed by atoms with van der Waals surface area (Å²) in [5.41, 5.74) is 2.74. The lowest BCUT2D eigenvalue weighted by molar-refractivity contribution is 0.0724. The molecule has 1 aromatic heterocycles. The van der Waals surface area contributed by atoms with Crippen LogP contribution in [0.4, 0.5) is 11.6 Å². The third-order valence-corrected chi connectivity index (χ3v) is 6.11. The molecule has 2 aromatic rings. The molecule has 0 N–H and O–H groups in total. The van der Waals surface area contributed by atoms with E-state index in [4.69, 9.17) is 4.98 Å². The van der Waals surface area contributed by atoms with Crippen molar-refractivity contribution in [3.8, 4) is 0 Å². The maximum Gasteiger partial charge on any atom is 0.259 e. The van der Waals surface area contributed by atoms with Crippen LogP contribution in [0.15, 0.2) is 35.1 Å². The van der Waals surface area contributed by atoms with E-state index in [0.29, 0.717) is 18.6 Å². The number of anilines is 2. The molecule has 0 saturated heterocycles. The smallest absolute Gasteiger partial charge is 0.259 e. The normalized spacial score (nSPS) is 23.7. The fraction of sp³-hybridized carbons (Fsp3) is 0.524. The van der Waals surface area contributed by atoms with Gasteiger partial charge in [-0.2, -0.15) is 0 Å². The molecule has 1 saturated carbocycles. The van der Waals surface area contributed by atoms with Crippen LogP contribution in [0.2, 0.25) is 0 Å². The number of aryl methyl sites for hydroxylation is 1. The maximum absolute atomic E-state index is 13.0. The van der Waals surface area contributed by atoms with Crippen molar-refractivity contribution < 1.29 is 0 Å². The molecule has 5 heteroatoms. The number of benzene rings is 1. The average Bonchev–Trinajstić information content (AvgIpc) is 2.67. The minimum Gasteiger partial charge on any atom is -0.298 e. The Kier molecular flexibility index (Phi) is 4.57. The lowest BCUT2D eigenvalue weighted by Gasteiger charge is -2.45. The van der Waals surface area contributed by atoms with Crippen LogP contribution in [-0.2, 0) is 6.67 Å². The SMILES string of the molecule is Cc1nc2n(c(=O)c1C)CN(C1CCCCC1C)CN2c1ccccc1. The van der Waals surface area contributed by atoms with Crippen LogP contribution in [0.25, 0.3) is 0 Å². The highest BCUT2D eigenvalue weighted by Crippen LogP contribution is 2.33. The van der Waals surface area contributed by atoms with Gasteiger partial charge in [0, 0.05) is 23.0 Å². The highest BCUT2D eigenvalue weighted by atomic mass is 16.1. The summed E-state index contributed by atoms with van der Waals surface area (Å²) in [4.78, 5) is 22.5. The van der Waals surface area contributed by atoms with Crippen LogP contribution in [0.5, 0.6) is 0 Å². The van der Waals surface area contributed by atoms with Crippen LogP contribution in [-0.4, -0.2) is 27.2 Å². The van der Waals surface area contributed by atoms with Crippen LogP contribution < -0.4 is 10.5 Å². The lowest BCUT2D eigenvalue weighted by Crippen LogP contribution is -2.53. The molecule has 0 spiro atoms. The topological polar surface area (TPSA) is 41.4 Å². The van der Waals surface area contributed by atoms with E-state index >= 15 is 0 Å². The molecule has 0 amide bonds. The van der Waals surface area contributed by atoms with E-state index in [9.17, 15) is 4.79 Å². The summed E-state index contributed by atoms with van der Waals surface area (Å²) in [6.45, 7) is 7.59. The van der Waals surface area contributed by atoms with Gasteiger partial charge in [0.05, 0.1) is 13.3 Å². The quantitative estimate of drug-likeness (QED) is 0.824. The number of para-hydroxylation sites is 1. The van der Waals surface area contributed by atoms with Crippen molar-refractivity contribution >= 4 is 11.6 Å². The van der Waals surface area contributed by atoms with Crippen LogP contribution in [0.1, 0.15) is 43.9 Å². The van der Waals surface area contributed by atoms with Gasteiger partial charge in [-0.15, -0.1) is 0 Å². The summed E-state index contributed by atoms with van der Waals surface area (Å²) >= 11 is 0. The molecule has 0 radical (unpaired) electrons. The van der Waals surface area contributed by atoms with Gasteiger partial charge < -0.3 is 0 Å². The van der Waals surface area contributed by atoms with Crippen molar-refractivity contribution in [2.24, 2.45) is 5.92 Å². The highest BCUT2D eigenvalue weighted by molar-refractivity contribution is 5.58. The summed E-state index contributed by atoms with van der Waals surface area (Å²) in [5.74, 6) is 1.43. The minimum atomic E-state index is 0.0848. The first kappa shape index (κ1) is 17.3. The van der Waals surface area contributed by atoms with E-state index in [2.05, 4.69) is 28.9 Å². The third kappa shape index (κ3) is 2.94. The van der Waals surface area contributed by atoms with E-state index in [1.807, 2.05) is 36.6 Å². The van der Waals surface area contributed by atoms with Crippen LogP contribution in [0, 0.1) is 19.8 Å². The summed E-state index contributed by atoms with van der Waals surface area (Å²) in [5, 5.41) is 0. The Hall–Kier alpha value is -2.14. The van der Waals surface area contributed by atoms with Crippen molar-refractivity contribution in [3.05, 3.63) is 51.9 Å². The van der Waals surface area contributed by atoms with E-state index in [-0.39, 0.29) is 5.56 Å². The van der Waals surface area contributed by atoms with Crippen molar-refractivity contribution in [2.45, 2.75) is 59.2 Å². The van der Waals surface area contributed by atoms with Gasteiger partial charge in [0.15, 0.2) is 0 Å². The van der Waals surface area contributed by atoms with Gasteiger partial charge in [0.1, 0.15) is 0 Å². The van der Waals surface area contributed by atoms with Crippen molar-refractivity contribution in [2.75, 3.05) is 11.6 Å². The summed E-state index contributed by atoms with van der Waals surface area (Å²) in [7, 11) is 0. The second kappa shape index (κ2) is 6.88. The molecule has 138 valence electrons. The van der Waals surface area contributed by atoms with Gasteiger partial charge in [0.2, 0.25) is 5.95 Å². The summed E-state index contributed by atoms with van der Waals surface area (Å²) in [6.07, 6.45) is 5.10. The zero-order chi connectivity index (χ0) is 18.3. The number of aromatic nitrogens is 2. The Morgan fingerprint density at radius 2 is 1.77 bits per heavy atom. The third-order valence-electron chi connectivity index (χ3n) is 6.11. The Balaban J connectivity index is 1.80. The summed E-state index contributed by atoms with van der Waals surface area (Å²) in [6, 6.07) is 10.8. The molecule has 2 aliphatic rings. The fourth-order valence-corrected chi connectivity index (χ4v) is 4.40. The maximum atomic E-state index is 13.0. The number of hydrogen-bond donors (Lipinski definition) is 0. The van der Waals surface area contributed by atoms with Gasteiger partial charge in [-0.05, 0) is 44.7 Å². The second-order valence-electron chi connectivity index (χ2n) is 7.82. The molecule has 1 aliphatic carbocycles. The predicted octanol–water partition coefficient (Wildman–Crippen LogP) is 3.81. The highest BCUT2D eigenvalue weighted by Gasteiger charge is 2.34. The second-order valence-corrected chi connectivity index (χ2v) is 7.82. The molecular formula is C21H28N4O. The molecular weight excluding hydrogens is 324 g/mol. The minimum absolute atomic E-state index is 0.0848. The monoisotopic (exact) mass is 352 g/mol. The summed E-state index contributed by atoms with van der Waals surface area (Å²) < 4.78 is 1.86. The molecule has 4 rings (SSSR count). The number of fused-ring (bicyclic) bond motifs is 1. The van der Waals surface area contributed by atoms with Crippen molar-refractivity contribution in [1.82, 2.24) is 14.5 Å². The fourth-order valence-electron chi connectivity index (χ4n) is 4.40. The van der Waals surface area contributed by atoms with Gasteiger partial charge in [-0.25, -0.2) is 4.98 Å². The molecule has 1 aliphatic heterocycles. The molecule has 0 bridgehead atoms. The van der Waals surface area contributed by atoms with Gasteiger partial charge in [-0.1, -0.05) is 38.0 Å². The van der Waals surface area contributed by atoms with Crippen LogP contribution in [0.3, 0.4) is 0 Å². The molecule has 2 atom stereocenters. The molecule has 5 nitrogen and oxygen atoms in total. The van der Waals surface area contributed by atoms with Gasteiger partial charge in [-0.3, -0.25) is 19.2 Å². The van der Waals surface area contributed by atoms with Gasteiger partial charge >= 0.3 is 0 Å². The standard InChI is InChI=1S/C21H28N4O/c1-15-9-7-8-12-19(15)23-13-24(18-10-5-4-6-11-18)21-22-17(3)16(2)20(26)25(21)14-23/h4-6,10-11,15,19H,7-9,12-14H2,1-3H3. The first-order valence-electron chi connectivity index (χ1n) is 9.71. The first-order chi connectivity index (χ1) is 12.6. The number of rotatable bonds is 2.